The predicted molar refractivity (Wildman–Crippen MR) is 104 cm³/mol. The van der Waals surface area contributed by atoms with E-state index in [0.29, 0.717) is 23.2 Å². The number of aliphatic hydroxyl groups is 1. The molecule has 28 heavy (non-hydrogen) atoms. The number of nitrogens with zero attached hydrogens (tertiary/aromatic N) is 2. The Morgan fingerprint density at radius 3 is 2.46 bits per heavy atom. The summed E-state index contributed by atoms with van der Waals surface area (Å²) in [5.74, 6) is 0.141. The maximum atomic E-state index is 9.63. The maximum absolute atomic E-state index is 9.63. The number of aliphatic hydroxyl groups excluding tert-OH is 1. The van der Waals surface area contributed by atoms with Crippen LogP contribution in [0, 0.1) is 5.41 Å². The molecule has 0 aromatic carbocycles. The van der Waals surface area contributed by atoms with E-state index in [-0.39, 0.29) is 11.9 Å². The zero-order chi connectivity index (χ0) is 19.9. The molecule has 3 heterocycles. The first-order chi connectivity index (χ1) is 13.4. The van der Waals surface area contributed by atoms with E-state index in [0.717, 1.165) is 12.8 Å². The van der Waals surface area contributed by atoms with Gasteiger partial charge in [-0.25, -0.2) is 0 Å². The molecule has 10 heteroatoms. The molecule has 0 radical (unpaired) electrons. The highest BCUT2D eigenvalue weighted by molar-refractivity contribution is 6.28. The second-order valence-electron chi connectivity index (χ2n) is 7.86. The minimum absolute atomic E-state index is 0.0748. The normalized spacial score (nSPS) is 31.7. The number of ether oxygens (including phenoxy) is 3. The van der Waals surface area contributed by atoms with Gasteiger partial charge in [0, 0.05) is 12.3 Å². The van der Waals surface area contributed by atoms with Gasteiger partial charge >= 0.3 is 0 Å². The second-order valence-corrected chi connectivity index (χ2v) is 8.20. The first-order valence-electron chi connectivity index (χ1n) is 9.63. The largest absolute Gasteiger partial charge is 0.394 e. The molecule has 0 spiro atoms. The first-order valence-corrected chi connectivity index (χ1v) is 10.0. The third-order valence-corrected chi connectivity index (χ3v) is 5.54. The summed E-state index contributed by atoms with van der Waals surface area (Å²) in [6.07, 6.45) is 3.74. The Balaban J connectivity index is 1.58. The molecule has 1 aromatic heterocycles. The summed E-state index contributed by atoms with van der Waals surface area (Å²) in [4.78, 5) is 8.54. The molecule has 4 atom stereocenters. The molecule has 2 saturated heterocycles. The third kappa shape index (κ3) is 3.81. The van der Waals surface area contributed by atoms with Crippen LogP contribution in [0.2, 0.25) is 5.28 Å². The van der Waals surface area contributed by atoms with Crippen molar-refractivity contribution in [3.05, 3.63) is 10.8 Å². The predicted octanol–water partition coefficient (Wildman–Crippen LogP) is 2.13. The van der Waals surface area contributed by atoms with Crippen molar-refractivity contribution in [1.29, 1.82) is 5.41 Å². The van der Waals surface area contributed by atoms with Gasteiger partial charge in [-0.15, -0.1) is 0 Å². The van der Waals surface area contributed by atoms with Crippen LogP contribution < -0.4 is 10.6 Å². The number of hydrogen-bond acceptors (Lipinski definition) is 9. The van der Waals surface area contributed by atoms with Crippen molar-refractivity contribution in [2.45, 2.75) is 75.9 Å². The minimum atomic E-state index is -0.769. The Morgan fingerprint density at radius 1 is 1.18 bits per heavy atom. The summed E-state index contributed by atoms with van der Waals surface area (Å²) in [5, 5.41) is 24.1. The molecule has 1 aliphatic carbocycles. The van der Waals surface area contributed by atoms with Crippen LogP contribution in [0.15, 0.2) is 0 Å². The van der Waals surface area contributed by atoms with E-state index in [2.05, 4.69) is 20.6 Å². The molecule has 4 unspecified atom stereocenters. The Bertz CT molecular complexity index is 743. The summed E-state index contributed by atoms with van der Waals surface area (Å²) < 4.78 is 17.7. The van der Waals surface area contributed by atoms with Crippen molar-refractivity contribution >= 4 is 29.5 Å². The Hall–Kier alpha value is -1.52. The Labute approximate surface area is 168 Å². The van der Waals surface area contributed by atoms with Crippen LogP contribution in [0.25, 0.3) is 0 Å². The number of nitrogens with one attached hydrogen (secondary N) is 3. The van der Waals surface area contributed by atoms with Crippen molar-refractivity contribution in [3.8, 4) is 0 Å². The topological polar surface area (TPSA) is 122 Å². The molecule has 1 aromatic rings. The smallest absolute Gasteiger partial charge is 0.226 e. The monoisotopic (exact) mass is 411 g/mol. The van der Waals surface area contributed by atoms with Crippen molar-refractivity contribution in [2.75, 3.05) is 17.2 Å². The van der Waals surface area contributed by atoms with Gasteiger partial charge in [0.25, 0.3) is 0 Å². The molecule has 0 bridgehead atoms. The van der Waals surface area contributed by atoms with E-state index in [1.807, 2.05) is 13.8 Å². The van der Waals surface area contributed by atoms with E-state index >= 15 is 0 Å². The van der Waals surface area contributed by atoms with Crippen LogP contribution in [0.5, 0.6) is 0 Å². The standard InChI is InChI=1S/C18H26ClN5O4/c1-18(2)27-12-11(8-25)26-16(13(12)28-18)22-15-10(7-20)14(23-17(19)24-15)21-9-5-3-4-6-9/h7,9,11-13,16,20,25H,3-6,8H2,1-2H3,(H2,21,22,23,24). The average molecular weight is 412 g/mol. The van der Waals surface area contributed by atoms with Crippen LogP contribution in [0.4, 0.5) is 11.6 Å². The minimum Gasteiger partial charge on any atom is -0.394 e. The quantitative estimate of drug-likeness (QED) is 0.415. The fraction of sp³-hybridized carbons (Fsp3) is 0.722. The van der Waals surface area contributed by atoms with Crippen molar-refractivity contribution in [1.82, 2.24) is 9.97 Å². The number of anilines is 2. The highest BCUT2D eigenvalue weighted by Gasteiger charge is 2.55. The average Bonchev–Trinajstić information content (AvgIpc) is 3.31. The molecule has 1 saturated carbocycles. The van der Waals surface area contributed by atoms with Crippen molar-refractivity contribution < 1.29 is 19.3 Å². The zero-order valence-corrected chi connectivity index (χ0v) is 16.7. The van der Waals surface area contributed by atoms with E-state index in [1.165, 1.54) is 19.1 Å². The van der Waals surface area contributed by atoms with E-state index in [4.69, 9.17) is 31.2 Å². The van der Waals surface area contributed by atoms with Gasteiger partial charge in [-0.1, -0.05) is 12.8 Å². The van der Waals surface area contributed by atoms with E-state index in [9.17, 15) is 5.11 Å². The first kappa shape index (κ1) is 19.8. The van der Waals surface area contributed by atoms with E-state index in [1.54, 1.807) is 0 Å². The van der Waals surface area contributed by atoms with Gasteiger partial charge in [-0.2, -0.15) is 9.97 Å². The number of halogens is 1. The fourth-order valence-electron chi connectivity index (χ4n) is 4.14. The van der Waals surface area contributed by atoms with Gasteiger partial charge < -0.3 is 35.4 Å². The molecule has 3 aliphatic rings. The van der Waals surface area contributed by atoms with Gasteiger partial charge in [-0.05, 0) is 38.3 Å². The second kappa shape index (κ2) is 7.72. The zero-order valence-electron chi connectivity index (χ0n) is 15.9. The molecular weight excluding hydrogens is 386 g/mol. The maximum Gasteiger partial charge on any atom is 0.226 e. The molecule has 9 nitrogen and oxygen atoms in total. The van der Waals surface area contributed by atoms with Crippen molar-refractivity contribution in [3.63, 3.8) is 0 Å². The van der Waals surface area contributed by atoms with Crippen LogP contribution >= 0.6 is 11.6 Å². The van der Waals surface area contributed by atoms with Crippen LogP contribution in [0.3, 0.4) is 0 Å². The van der Waals surface area contributed by atoms with Crippen molar-refractivity contribution in [2.24, 2.45) is 0 Å². The lowest BCUT2D eigenvalue weighted by molar-refractivity contribution is -0.187. The third-order valence-electron chi connectivity index (χ3n) is 5.37. The summed E-state index contributed by atoms with van der Waals surface area (Å²) >= 11 is 6.15. The summed E-state index contributed by atoms with van der Waals surface area (Å²) in [7, 11) is 0. The van der Waals surface area contributed by atoms with Gasteiger partial charge in [0.05, 0.1) is 12.2 Å². The lowest BCUT2D eigenvalue weighted by atomic mass is 10.1. The fourth-order valence-corrected chi connectivity index (χ4v) is 4.31. The van der Waals surface area contributed by atoms with Gasteiger partial charge in [0.1, 0.15) is 29.9 Å². The number of rotatable bonds is 6. The summed E-state index contributed by atoms with van der Waals surface area (Å²) in [6.45, 7) is 3.46. The summed E-state index contributed by atoms with van der Waals surface area (Å²) in [6, 6.07) is 0.316. The van der Waals surface area contributed by atoms with E-state index < -0.39 is 30.3 Å². The highest BCUT2D eigenvalue weighted by atomic mass is 35.5. The Kier molecular flexibility index (Phi) is 5.45. The lowest BCUT2D eigenvalue weighted by Gasteiger charge is -2.25. The molecule has 2 aliphatic heterocycles. The SMILES string of the molecule is CC1(C)OC2C(CO)OC(Nc3nc(Cl)nc(NC4CCCC4)c3C=N)C2O1. The van der Waals surface area contributed by atoms with Crippen LogP contribution in [0.1, 0.15) is 45.1 Å². The summed E-state index contributed by atoms with van der Waals surface area (Å²) in [5.41, 5.74) is 0.502. The number of fused-ring (bicyclic) bond motifs is 1. The molecule has 3 fully saturated rings. The van der Waals surface area contributed by atoms with Crippen LogP contribution in [-0.2, 0) is 14.2 Å². The Morgan fingerprint density at radius 2 is 1.82 bits per heavy atom. The molecule has 4 rings (SSSR count). The number of hydrogen-bond donors (Lipinski definition) is 4. The van der Waals surface area contributed by atoms with Crippen LogP contribution in [-0.4, -0.2) is 64.3 Å². The van der Waals surface area contributed by atoms with Gasteiger partial charge in [0.15, 0.2) is 12.0 Å². The van der Waals surface area contributed by atoms with Gasteiger partial charge in [-0.3, -0.25) is 0 Å². The lowest BCUT2D eigenvalue weighted by Crippen LogP contribution is -2.36. The number of aromatic nitrogens is 2. The van der Waals surface area contributed by atoms with Gasteiger partial charge in [0.2, 0.25) is 5.28 Å². The highest BCUT2D eigenvalue weighted by Crippen LogP contribution is 2.39. The molecular formula is C18H26ClN5O4. The molecule has 4 N–H and O–H groups in total. The molecule has 0 amide bonds. The molecule has 154 valence electrons.